The predicted molar refractivity (Wildman–Crippen MR) is 113 cm³/mol. The molecule has 0 spiro atoms. The van der Waals surface area contributed by atoms with Gasteiger partial charge in [-0.2, -0.15) is 0 Å². The molecular formula is C23H24F3N3O4. The standard InChI is InChI=1S/C23H24F3N3O4/c1-28-9-11-29(12-10-28)22(31)18-3-2-4-20-19(18)13-16(14-32-20)27-21(30)15-5-7-17(8-6-15)33-23(24,25)26/h2-8,16H,9-14H2,1H3,(H,27,30)/t16-/m0/s1. The molecule has 33 heavy (non-hydrogen) atoms. The number of fused-ring (bicyclic) bond motifs is 1. The zero-order valence-corrected chi connectivity index (χ0v) is 18.0. The third kappa shape index (κ3) is 5.57. The smallest absolute Gasteiger partial charge is 0.491 e. The molecule has 0 bridgehead atoms. The van der Waals surface area contributed by atoms with Crippen LogP contribution in [0.4, 0.5) is 13.2 Å². The Hall–Kier alpha value is -3.27. The molecule has 176 valence electrons. The average Bonchev–Trinajstić information content (AvgIpc) is 2.78. The van der Waals surface area contributed by atoms with Gasteiger partial charge in [0.25, 0.3) is 11.8 Å². The molecule has 1 saturated heterocycles. The molecule has 4 rings (SSSR count). The van der Waals surface area contributed by atoms with Crippen LogP contribution in [-0.4, -0.2) is 73.9 Å². The lowest BCUT2D eigenvalue weighted by Crippen LogP contribution is -2.48. The number of amides is 2. The Labute approximate surface area is 189 Å². The van der Waals surface area contributed by atoms with E-state index in [-0.39, 0.29) is 18.1 Å². The van der Waals surface area contributed by atoms with E-state index in [0.29, 0.717) is 30.8 Å². The number of rotatable bonds is 4. The normalized spacial score (nSPS) is 18.8. The monoisotopic (exact) mass is 463 g/mol. The summed E-state index contributed by atoms with van der Waals surface area (Å²) in [6.07, 6.45) is -4.39. The first-order chi connectivity index (χ1) is 15.7. The van der Waals surface area contributed by atoms with Crippen molar-refractivity contribution < 1.29 is 32.2 Å². The van der Waals surface area contributed by atoms with Crippen LogP contribution in [0.3, 0.4) is 0 Å². The predicted octanol–water partition coefficient (Wildman–Crippen LogP) is 2.71. The molecule has 0 aromatic heterocycles. The molecule has 2 aromatic rings. The van der Waals surface area contributed by atoms with Gasteiger partial charge in [0.2, 0.25) is 0 Å². The number of likely N-dealkylation sites (N-methyl/N-ethyl adjacent to an activating group) is 1. The zero-order valence-electron chi connectivity index (χ0n) is 18.0. The van der Waals surface area contributed by atoms with E-state index in [1.54, 1.807) is 18.2 Å². The summed E-state index contributed by atoms with van der Waals surface area (Å²) in [5, 5.41) is 2.84. The number of piperazine rings is 1. The Morgan fingerprint density at radius 1 is 1.06 bits per heavy atom. The summed E-state index contributed by atoms with van der Waals surface area (Å²) in [7, 11) is 2.02. The number of carbonyl (C=O) groups is 2. The first-order valence-electron chi connectivity index (χ1n) is 10.6. The van der Waals surface area contributed by atoms with Crippen LogP contribution in [0.2, 0.25) is 0 Å². The number of halogens is 3. The van der Waals surface area contributed by atoms with Gasteiger partial charge in [-0.15, -0.1) is 13.2 Å². The van der Waals surface area contributed by atoms with Gasteiger partial charge in [-0.3, -0.25) is 9.59 Å². The van der Waals surface area contributed by atoms with Crippen molar-refractivity contribution in [1.82, 2.24) is 15.1 Å². The molecular weight excluding hydrogens is 439 g/mol. The number of hydrogen-bond donors (Lipinski definition) is 1. The second-order valence-electron chi connectivity index (χ2n) is 8.14. The highest BCUT2D eigenvalue weighted by Crippen LogP contribution is 2.29. The first-order valence-corrected chi connectivity index (χ1v) is 10.6. The summed E-state index contributed by atoms with van der Waals surface area (Å²) in [4.78, 5) is 29.7. The van der Waals surface area contributed by atoms with E-state index in [4.69, 9.17) is 4.74 Å². The van der Waals surface area contributed by atoms with Crippen molar-refractivity contribution in [3.05, 3.63) is 59.2 Å². The number of benzene rings is 2. The molecule has 1 fully saturated rings. The molecule has 2 aromatic carbocycles. The average molecular weight is 463 g/mol. The molecule has 0 saturated carbocycles. The topological polar surface area (TPSA) is 71.1 Å². The van der Waals surface area contributed by atoms with Gasteiger partial charge in [-0.1, -0.05) is 6.07 Å². The molecule has 2 aliphatic heterocycles. The van der Waals surface area contributed by atoms with Gasteiger partial charge < -0.3 is 24.6 Å². The van der Waals surface area contributed by atoms with E-state index in [9.17, 15) is 22.8 Å². The summed E-state index contributed by atoms with van der Waals surface area (Å²) in [6, 6.07) is 9.65. The second-order valence-corrected chi connectivity index (χ2v) is 8.14. The minimum Gasteiger partial charge on any atom is -0.491 e. The van der Waals surface area contributed by atoms with Gasteiger partial charge in [-0.25, -0.2) is 0 Å². The molecule has 2 heterocycles. The number of nitrogens with one attached hydrogen (secondary N) is 1. The summed E-state index contributed by atoms with van der Waals surface area (Å²) >= 11 is 0. The molecule has 2 amide bonds. The van der Waals surface area contributed by atoms with Crippen LogP contribution in [-0.2, 0) is 6.42 Å². The highest BCUT2D eigenvalue weighted by Gasteiger charge is 2.31. The summed E-state index contributed by atoms with van der Waals surface area (Å²) < 4.78 is 46.6. The van der Waals surface area contributed by atoms with Crippen molar-refractivity contribution in [2.75, 3.05) is 39.8 Å². The highest BCUT2D eigenvalue weighted by molar-refractivity contribution is 5.97. The van der Waals surface area contributed by atoms with E-state index in [2.05, 4.69) is 15.0 Å². The molecule has 0 aliphatic carbocycles. The van der Waals surface area contributed by atoms with E-state index < -0.39 is 24.1 Å². The minimum atomic E-state index is -4.80. The molecule has 0 unspecified atom stereocenters. The van der Waals surface area contributed by atoms with Crippen LogP contribution < -0.4 is 14.8 Å². The summed E-state index contributed by atoms with van der Waals surface area (Å²) in [6.45, 7) is 3.13. The van der Waals surface area contributed by atoms with Gasteiger partial charge in [-0.05, 0) is 43.4 Å². The minimum absolute atomic E-state index is 0.0595. The molecule has 1 atom stereocenters. The Balaban J connectivity index is 1.43. The van der Waals surface area contributed by atoms with Gasteiger partial charge in [0.15, 0.2) is 0 Å². The lowest BCUT2D eigenvalue weighted by atomic mass is 9.96. The fourth-order valence-corrected chi connectivity index (χ4v) is 3.96. The Kier molecular flexibility index (Phi) is 6.46. The quantitative estimate of drug-likeness (QED) is 0.755. The largest absolute Gasteiger partial charge is 0.573 e. The fraction of sp³-hybridized carbons (Fsp3) is 0.391. The van der Waals surface area contributed by atoms with Crippen molar-refractivity contribution in [2.45, 2.75) is 18.8 Å². The van der Waals surface area contributed by atoms with Crippen LogP contribution >= 0.6 is 0 Å². The van der Waals surface area contributed by atoms with Gasteiger partial charge in [0, 0.05) is 49.3 Å². The zero-order chi connectivity index (χ0) is 23.6. The number of carbonyl (C=O) groups excluding carboxylic acids is 2. The van der Waals surface area contributed by atoms with Crippen molar-refractivity contribution >= 4 is 11.8 Å². The Morgan fingerprint density at radius 3 is 2.42 bits per heavy atom. The van der Waals surface area contributed by atoms with Crippen LogP contribution in [0.5, 0.6) is 11.5 Å². The Morgan fingerprint density at radius 2 is 1.76 bits per heavy atom. The highest BCUT2D eigenvalue weighted by atomic mass is 19.4. The number of hydrogen-bond acceptors (Lipinski definition) is 5. The van der Waals surface area contributed by atoms with E-state index >= 15 is 0 Å². The maximum Gasteiger partial charge on any atom is 0.573 e. The van der Waals surface area contributed by atoms with Crippen molar-refractivity contribution in [3.63, 3.8) is 0 Å². The third-order valence-electron chi connectivity index (χ3n) is 5.73. The van der Waals surface area contributed by atoms with Gasteiger partial charge >= 0.3 is 6.36 Å². The maximum atomic E-state index is 13.1. The second kappa shape index (κ2) is 9.30. The molecule has 0 radical (unpaired) electrons. The third-order valence-corrected chi connectivity index (χ3v) is 5.73. The number of ether oxygens (including phenoxy) is 2. The molecule has 7 nitrogen and oxygen atoms in total. The van der Waals surface area contributed by atoms with E-state index in [1.165, 1.54) is 12.1 Å². The molecule has 1 N–H and O–H groups in total. The fourth-order valence-electron chi connectivity index (χ4n) is 3.96. The Bertz CT molecular complexity index is 1020. The maximum absolute atomic E-state index is 13.1. The molecule has 10 heteroatoms. The van der Waals surface area contributed by atoms with Gasteiger partial charge in [0.1, 0.15) is 18.1 Å². The van der Waals surface area contributed by atoms with Crippen molar-refractivity contribution in [3.8, 4) is 11.5 Å². The first kappa shape index (κ1) is 22.9. The lowest BCUT2D eigenvalue weighted by Gasteiger charge is -2.34. The van der Waals surface area contributed by atoms with E-state index in [1.807, 2.05) is 11.9 Å². The van der Waals surface area contributed by atoms with E-state index in [0.717, 1.165) is 30.8 Å². The van der Waals surface area contributed by atoms with Crippen LogP contribution in [0.15, 0.2) is 42.5 Å². The number of nitrogens with zero attached hydrogens (tertiary/aromatic N) is 2. The summed E-state index contributed by atoms with van der Waals surface area (Å²) in [5.41, 5.74) is 1.49. The van der Waals surface area contributed by atoms with Crippen LogP contribution in [0.1, 0.15) is 26.3 Å². The molecule has 2 aliphatic rings. The SMILES string of the molecule is CN1CCN(C(=O)c2cccc3c2C[C@H](NC(=O)c2ccc(OC(F)(F)F)cc2)CO3)CC1. The van der Waals surface area contributed by atoms with Crippen molar-refractivity contribution in [1.29, 1.82) is 0 Å². The lowest BCUT2D eigenvalue weighted by molar-refractivity contribution is -0.274. The van der Waals surface area contributed by atoms with Crippen LogP contribution in [0.25, 0.3) is 0 Å². The number of alkyl halides is 3. The van der Waals surface area contributed by atoms with Crippen molar-refractivity contribution in [2.24, 2.45) is 0 Å². The van der Waals surface area contributed by atoms with Gasteiger partial charge in [0.05, 0.1) is 6.04 Å². The van der Waals surface area contributed by atoms with Crippen LogP contribution in [0, 0.1) is 0 Å². The summed E-state index contributed by atoms with van der Waals surface area (Å²) in [5.74, 6) is -0.292.